The number of rotatable bonds is 3. The van der Waals surface area contributed by atoms with Crippen molar-refractivity contribution in [3.05, 3.63) is 29.8 Å². The molecule has 15 heavy (non-hydrogen) atoms. The molecule has 78 valence electrons. The summed E-state index contributed by atoms with van der Waals surface area (Å²) in [4.78, 5) is 12.9. The van der Waals surface area contributed by atoms with Crippen molar-refractivity contribution in [3.8, 4) is 6.07 Å². The number of ether oxygens (including phenoxy) is 1. The zero-order valence-electron chi connectivity index (χ0n) is 8.73. The molecule has 1 rings (SSSR count). The quantitative estimate of drug-likeness (QED) is 0.552. The van der Waals surface area contributed by atoms with E-state index in [1.807, 2.05) is 13.1 Å². The number of methoxy groups -OCH3 is 1. The molecule has 0 aromatic heterocycles. The third kappa shape index (κ3) is 2.71. The maximum absolute atomic E-state index is 11.1. The van der Waals surface area contributed by atoms with Crippen LogP contribution in [0.25, 0.3) is 0 Å². The summed E-state index contributed by atoms with van der Waals surface area (Å²) in [5.74, 6) is -0.357. The lowest BCUT2D eigenvalue weighted by Crippen LogP contribution is -2.16. The fourth-order valence-corrected chi connectivity index (χ4v) is 1.17. The van der Waals surface area contributed by atoms with Gasteiger partial charge < -0.3 is 9.64 Å². The number of nitriles is 1. The van der Waals surface area contributed by atoms with Gasteiger partial charge in [-0.05, 0) is 24.3 Å². The van der Waals surface area contributed by atoms with Gasteiger partial charge in [0.05, 0.1) is 18.7 Å². The maximum atomic E-state index is 11.1. The van der Waals surface area contributed by atoms with Crippen molar-refractivity contribution >= 4 is 11.7 Å². The fraction of sp³-hybridized carbons (Fsp3) is 0.273. The van der Waals surface area contributed by atoms with Crippen LogP contribution in [0.3, 0.4) is 0 Å². The van der Waals surface area contributed by atoms with Crippen molar-refractivity contribution in [2.45, 2.75) is 0 Å². The van der Waals surface area contributed by atoms with E-state index in [9.17, 15) is 4.79 Å². The van der Waals surface area contributed by atoms with E-state index >= 15 is 0 Å². The highest BCUT2D eigenvalue weighted by molar-refractivity contribution is 5.89. The van der Waals surface area contributed by atoms with Crippen molar-refractivity contribution < 1.29 is 9.53 Å². The summed E-state index contributed by atoms with van der Waals surface area (Å²) in [6.45, 7) is 0.317. The number of carbonyl (C=O) groups excluding carboxylic acids is 1. The Morgan fingerprint density at radius 2 is 2.07 bits per heavy atom. The van der Waals surface area contributed by atoms with E-state index < -0.39 is 0 Å². The molecule has 1 aromatic carbocycles. The second kappa shape index (κ2) is 5.01. The Labute approximate surface area is 88.7 Å². The Bertz CT molecular complexity index is 379. The second-order valence-corrected chi connectivity index (χ2v) is 3.05. The van der Waals surface area contributed by atoms with Crippen LogP contribution in [0.15, 0.2) is 24.3 Å². The number of benzene rings is 1. The van der Waals surface area contributed by atoms with Gasteiger partial charge >= 0.3 is 5.97 Å². The van der Waals surface area contributed by atoms with Crippen molar-refractivity contribution in [1.29, 1.82) is 5.26 Å². The van der Waals surface area contributed by atoms with Crippen LogP contribution >= 0.6 is 0 Å². The summed E-state index contributed by atoms with van der Waals surface area (Å²) in [5.41, 5.74) is 1.40. The highest BCUT2D eigenvalue weighted by atomic mass is 16.5. The van der Waals surface area contributed by atoms with Crippen molar-refractivity contribution in [2.24, 2.45) is 0 Å². The van der Waals surface area contributed by atoms with Gasteiger partial charge in [0.25, 0.3) is 0 Å². The molecule has 0 saturated carbocycles. The van der Waals surface area contributed by atoms with Crippen molar-refractivity contribution in [3.63, 3.8) is 0 Å². The van der Waals surface area contributed by atoms with Crippen LogP contribution in [0.5, 0.6) is 0 Å². The Balaban J connectivity index is 2.81. The lowest BCUT2D eigenvalue weighted by Gasteiger charge is -2.14. The minimum absolute atomic E-state index is 0.317. The smallest absolute Gasteiger partial charge is 0.337 e. The summed E-state index contributed by atoms with van der Waals surface area (Å²) < 4.78 is 4.58. The molecule has 0 fully saturated rings. The Hall–Kier alpha value is -2.02. The number of anilines is 1. The second-order valence-electron chi connectivity index (χ2n) is 3.05. The van der Waals surface area contributed by atoms with Crippen LogP contribution in [0.2, 0.25) is 0 Å². The zero-order valence-corrected chi connectivity index (χ0v) is 8.73. The van der Waals surface area contributed by atoms with E-state index in [0.29, 0.717) is 12.1 Å². The summed E-state index contributed by atoms with van der Waals surface area (Å²) in [5, 5.41) is 8.51. The van der Waals surface area contributed by atoms with Gasteiger partial charge in [-0.3, -0.25) is 0 Å². The summed E-state index contributed by atoms with van der Waals surface area (Å²) in [7, 11) is 3.16. The Morgan fingerprint density at radius 3 is 2.53 bits per heavy atom. The number of hydrogen-bond donors (Lipinski definition) is 0. The maximum Gasteiger partial charge on any atom is 0.337 e. The largest absolute Gasteiger partial charge is 0.465 e. The van der Waals surface area contributed by atoms with Crippen LogP contribution in [0.1, 0.15) is 10.4 Å². The molecule has 0 spiro atoms. The molecule has 0 aliphatic rings. The lowest BCUT2D eigenvalue weighted by atomic mass is 10.2. The van der Waals surface area contributed by atoms with Gasteiger partial charge in [0.15, 0.2) is 0 Å². The third-order valence-electron chi connectivity index (χ3n) is 2.04. The van der Waals surface area contributed by atoms with E-state index in [-0.39, 0.29) is 5.97 Å². The monoisotopic (exact) mass is 204 g/mol. The zero-order chi connectivity index (χ0) is 11.3. The first-order valence-corrected chi connectivity index (χ1v) is 4.45. The van der Waals surface area contributed by atoms with E-state index in [0.717, 1.165) is 5.69 Å². The molecule has 0 amide bonds. The van der Waals surface area contributed by atoms with Gasteiger partial charge in [-0.1, -0.05) is 0 Å². The molecule has 4 heteroatoms. The molecular weight excluding hydrogens is 192 g/mol. The minimum Gasteiger partial charge on any atom is -0.465 e. The molecule has 0 heterocycles. The van der Waals surface area contributed by atoms with Crippen molar-refractivity contribution in [2.75, 3.05) is 25.6 Å². The van der Waals surface area contributed by atoms with Gasteiger partial charge in [0.2, 0.25) is 0 Å². The Kier molecular flexibility index (Phi) is 3.69. The van der Waals surface area contributed by atoms with Crippen LogP contribution in [-0.4, -0.2) is 26.7 Å². The number of esters is 1. The first-order valence-electron chi connectivity index (χ1n) is 4.45. The molecular formula is C11H12N2O2. The average Bonchev–Trinajstić information content (AvgIpc) is 2.28. The van der Waals surface area contributed by atoms with Crippen LogP contribution in [0, 0.1) is 11.3 Å². The van der Waals surface area contributed by atoms with Crippen LogP contribution in [0.4, 0.5) is 5.69 Å². The lowest BCUT2D eigenvalue weighted by molar-refractivity contribution is 0.0601. The Morgan fingerprint density at radius 1 is 1.47 bits per heavy atom. The molecule has 4 nitrogen and oxygen atoms in total. The molecule has 0 atom stereocenters. The van der Waals surface area contributed by atoms with Gasteiger partial charge in [-0.2, -0.15) is 5.26 Å². The molecule has 0 radical (unpaired) electrons. The molecule has 0 aliphatic heterocycles. The predicted octanol–water partition coefficient (Wildman–Crippen LogP) is 1.43. The van der Waals surface area contributed by atoms with Crippen molar-refractivity contribution in [1.82, 2.24) is 0 Å². The van der Waals surface area contributed by atoms with Gasteiger partial charge in [-0.15, -0.1) is 0 Å². The standard InChI is InChI=1S/C11H12N2O2/c1-13(8-7-12)10-5-3-9(4-6-10)11(14)15-2/h3-6H,8H2,1-2H3. The minimum atomic E-state index is -0.357. The summed E-state index contributed by atoms with van der Waals surface area (Å²) in [6.07, 6.45) is 0. The van der Waals surface area contributed by atoms with Gasteiger partial charge in [-0.25, -0.2) is 4.79 Å². The first-order chi connectivity index (χ1) is 7.19. The van der Waals surface area contributed by atoms with E-state index in [2.05, 4.69) is 4.74 Å². The summed E-state index contributed by atoms with van der Waals surface area (Å²) >= 11 is 0. The molecule has 0 unspecified atom stereocenters. The van der Waals surface area contributed by atoms with E-state index in [1.54, 1.807) is 29.2 Å². The number of carbonyl (C=O) groups is 1. The fourth-order valence-electron chi connectivity index (χ4n) is 1.17. The van der Waals surface area contributed by atoms with Gasteiger partial charge in [0.1, 0.15) is 6.54 Å². The first kappa shape index (κ1) is 11.1. The molecule has 0 bridgehead atoms. The van der Waals surface area contributed by atoms with Gasteiger partial charge in [0, 0.05) is 12.7 Å². The number of hydrogen-bond acceptors (Lipinski definition) is 4. The third-order valence-corrected chi connectivity index (χ3v) is 2.04. The summed E-state index contributed by atoms with van der Waals surface area (Å²) in [6, 6.07) is 8.96. The topological polar surface area (TPSA) is 53.3 Å². The average molecular weight is 204 g/mol. The predicted molar refractivity (Wildman–Crippen MR) is 56.7 cm³/mol. The highest BCUT2D eigenvalue weighted by Crippen LogP contribution is 2.13. The number of nitrogens with zero attached hydrogens (tertiary/aromatic N) is 2. The normalized spacial score (nSPS) is 9.13. The molecule has 0 N–H and O–H groups in total. The highest BCUT2D eigenvalue weighted by Gasteiger charge is 2.05. The molecule has 1 aromatic rings. The molecule has 0 aliphatic carbocycles. The van der Waals surface area contributed by atoms with Crippen LogP contribution < -0.4 is 4.90 Å². The van der Waals surface area contributed by atoms with E-state index in [1.165, 1.54) is 7.11 Å². The van der Waals surface area contributed by atoms with E-state index in [4.69, 9.17) is 5.26 Å². The SMILES string of the molecule is COC(=O)c1ccc(N(C)CC#N)cc1. The van der Waals surface area contributed by atoms with Crippen LogP contribution in [-0.2, 0) is 4.74 Å². The molecule has 0 saturated heterocycles.